The smallest absolute Gasteiger partial charge is 0.264 e. The van der Waals surface area contributed by atoms with Gasteiger partial charge in [0.25, 0.3) is 10.0 Å². The lowest BCUT2D eigenvalue weighted by Gasteiger charge is -2.30. The van der Waals surface area contributed by atoms with Crippen LogP contribution in [0.15, 0.2) is 59.5 Å². The van der Waals surface area contributed by atoms with Gasteiger partial charge in [0.05, 0.1) is 10.6 Å². The summed E-state index contributed by atoms with van der Waals surface area (Å²) in [7, 11) is -4.02. The van der Waals surface area contributed by atoms with E-state index in [1.807, 2.05) is 0 Å². The topological polar surface area (TPSA) is 69.7 Å². The molecule has 168 valence electrons. The monoisotopic (exact) mass is 447 g/mol. The van der Waals surface area contributed by atoms with Gasteiger partial charge in [-0.3, -0.25) is 9.10 Å². The average Bonchev–Trinajstić information content (AvgIpc) is 2.77. The van der Waals surface area contributed by atoms with Gasteiger partial charge < -0.3 is 10.2 Å². The van der Waals surface area contributed by atoms with E-state index < -0.39 is 15.8 Å². The number of carbonyl (C=O) groups is 1. The Hall–Kier alpha value is -2.45. The Morgan fingerprint density at radius 1 is 1.10 bits per heavy atom. The first-order valence-electron chi connectivity index (χ1n) is 10.7. The van der Waals surface area contributed by atoms with Crippen LogP contribution in [0, 0.1) is 11.7 Å². The molecule has 1 N–H and O–H groups in total. The van der Waals surface area contributed by atoms with Crippen molar-refractivity contribution in [1.82, 2.24) is 10.2 Å². The van der Waals surface area contributed by atoms with Gasteiger partial charge in [-0.15, -0.1) is 0 Å². The number of amides is 1. The zero-order valence-corrected chi connectivity index (χ0v) is 18.7. The second-order valence-corrected chi connectivity index (χ2v) is 9.89. The zero-order chi connectivity index (χ0) is 22.3. The molecule has 1 heterocycles. The molecule has 8 heteroatoms. The molecule has 1 aliphatic rings. The van der Waals surface area contributed by atoms with E-state index in [2.05, 4.69) is 17.1 Å². The van der Waals surface area contributed by atoms with E-state index in [1.165, 1.54) is 25.0 Å². The first-order chi connectivity index (χ1) is 14.9. The third-order valence-corrected chi connectivity index (χ3v) is 7.37. The number of sulfonamides is 1. The van der Waals surface area contributed by atoms with Gasteiger partial charge >= 0.3 is 0 Å². The van der Waals surface area contributed by atoms with Crippen molar-refractivity contribution in [3.8, 4) is 0 Å². The van der Waals surface area contributed by atoms with Crippen molar-refractivity contribution in [2.45, 2.75) is 31.1 Å². The van der Waals surface area contributed by atoms with Crippen LogP contribution in [0.4, 0.5) is 10.1 Å². The molecule has 0 aliphatic carbocycles. The lowest BCUT2D eigenvalue weighted by Crippen LogP contribution is -2.41. The molecule has 31 heavy (non-hydrogen) atoms. The summed E-state index contributed by atoms with van der Waals surface area (Å²) in [5.74, 6) is -0.115. The molecule has 1 aliphatic heterocycles. The van der Waals surface area contributed by atoms with Crippen molar-refractivity contribution in [2.24, 2.45) is 5.92 Å². The van der Waals surface area contributed by atoms with Crippen LogP contribution < -0.4 is 9.62 Å². The van der Waals surface area contributed by atoms with Crippen LogP contribution in [0.3, 0.4) is 0 Å². The lowest BCUT2D eigenvalue weighted by molar-refractivity contribution is -0.119. The van der Waals surface area contributed by atoms with Gasteiger partial charge in [-0.05, 0) is 81.2 Å². The number of rotatable bonds is 9. The molecular weight excluding hydrogens is 417 g/mol. The van der Waals surface area contributed by atoms with Crippen LogP contribution in [0.5, 0.6) is 0 Å². The van der Waals surface area contributed by atoms with Crippen LogP contribution in [0.25, 0.3) is 0 Å². The minimum Gasteiger partial charge on any atom is -0.354 e. The average molecular weight is 448 g/mol. The molecule has 0 atom stereocenters. The minimum absolute atomic E-state index is 0.0649. The van der Waals surface area contributed by atoms with Crippen LogP contribution in [-0.4, -0.2) is 51.9 Å². The van der Waals surface area contributed by atoms with Crippen molar-refractivity contribution in [3.63, 3.8) is 0 Å². The van der Waals surface area contributed by atoms with E-state index in [0.717, 1.165) is 48.4 Å². The van der Waals surface area contributed by atoms with Gasteiger partial charge in [-0.1, -0.05) is 25.1 Å². The highest BCUT2D eigenvalue weighted by atomic mass is 32.2. The molecule has 1 saturated heterocycles. The molecule has 0 bridgehead atoms. The summed E-state index contributed by atoms with van der Waals surface area (Å²) in [6, 6.07) is 13.1. The van der Waals surface area contributed by atoms with Gasteiger partial charge in [0, 0.05) is 6.54 Å². The van der Waals surface area contributed by atoms with Gasteiger partial charge in [0.1, 0.15) is 12.4 Å². The Labute approximate surface area is 184 Å². The highest BCUT2D eigenvalue weighted by Gasteiger charge is 2.27. The number of hydrogen-bond donors (Lipinski definition) is 1. The van der Waals surface area contributed by atoms with Crippen LogP contribution in [-0.2, 0) is 14.8 Å². The number of carbonyl (C=O) groups excluding carboxylic acids is 1. The quantitative estimate of drug-likeness (QED) is 0.599. The Morgan fingerprint density at radius 2 is 1.74 bits per heavy atom. The predicted octanol–water partition coefficient (Wildman–Crippen LogP) is 3.26. The number of halogens is 1. The molecule has 2 aromatic carbocycles. The van der Waals surface area contributed by atoms with Crippen molar-refractivity contribution in [3.05, 3.63) is 60.4 Å². The summed E-state index contributed by atoms with van der Waals surface area (Å²) >= 11 is 0. The van der Waals surface area contributed by atoms with Crippen molar-refractivity contribution >= 4 is 21.6 Å². The van der Waals surface area contributed by atoms with Crippen LogP contribution in [0.2, 0.25) is 0 Å². The summed E-state index contributed by atoms with van der Waals surface area (Å²) in [5, 5.41) is 2.83. The van der Waals surface area contributed by atoms with E-state index >= 15 is 0 Å². The second kappa shape index (κ2) is 10.7. The highest BCUT2D eigenvalue weighted by molar-refractivity contribution is 7.92. The number of piperidine rings is 1. The van der Waals surface area contributed by atoms with Crippen molar-refractivity contribution in [1.29, 1.82) is 0 Å². The van der Waals surface area contributed by atoms with Gasteiger partial charge in [0.15, 0.2) is 0 Å². The van der Waals surface area contributed by atoms with E-state index in [1.54, 1.807) is 30.3 Å². The van der Waals surface area contributed by atoms with E-state index in [4.69, 9.17) is 0 Å². The largest absolute Gasteiger partial charge is 0.354 e. The van der Waals surface area contributed by atoms with E-state index in [9.17, 15) is 17.6 Å². The Morgan fingerprint density at radius 3 is 2.39 bits per heavy atom. The molecular formula is C23H30FN3O3S. The third-order valence-electron chi connectivity index (χ3n) is 5.58. The minimum atomic E-state index is -4.02. The summed E-state index contributed by atoms with van der Waals surface area (Å²) in [6.07, 6.45) is 3.23. The summed E-state index contributed by atoms with van der Waals surface area (Å²) in [5.41, 5.74) is 0.379. The molecule has 2 aromatic rings. The maximum absolute atomic E-state index is 13.3. The second-order valence-electron chi connectivity index (χ2n) is 8.03. The molecule has 0 aromatic heterocycles. The highest BCUT2D eigenvalue weighted by Crippen LogP contribution is 2.23. The van der Waals surface area contributed by atoms with Crippen molar-refractivity contribution in [2.75, 3.05) is 37.0 Å². The fourth-order valence-corrected chi connectivity index (χ4v) is 5.07. The fourth-order valence-electron chi connectivity index (χ4n) is 3.65. The molecule has 3 rings (SSSR count). The molecule has 0 saturated carbocycles. The number of anilines is 1. The van der Waals surface area contributed by atoms with Gasteiger partial charge in [-0.25, -0.2) is 12.8 Å². The first-order valence-corrected chi connectivity index (χ1v) is 12.1. The third kappa shape index (κ3) is 6.51. The van der Waals surface area contributed by atoms with Crippen molar-refractivity contribution < 1.29 is 17.6 Å². The number of benzene rings is 2. The lowest BCUT2D eigenvalue weighted by atomic mass is 9.99. The molecule has 1 fully saturated rings. The number of hydrogen-bond acceptors (Lipinski definition) is 4. The molecule has 6 nitrogen and oxygen atoms in total. The maximum Gasteiger partial charge on any atom is 0.264 e. The first kappa shape index (κ1) is 23.2. The van der Waals surface area contributed by atoms with Crippen LogP contribution in [0.1, 0.15) is 26.2 Å². The SMILES string of the molecule is CC1CCN(CCCNC(=O)CN(c2ccccc2)S(=O)(=O)c2ccc(F)cc2)CC1. The number of nitrogens with one attached hydrogen (secondary N) is 1. The Bertz CT molecular complexity index is 944. The van der Waals surface area contributed by atoms with E-state index in [-0.39, 0.29) is 17.3 Å². The molecule has 0 unspecified atom stereocenters. The zero-order valence-electron chi connectivity index (χ0n) is 17.8. The maximum atomic E-state index is 13.3. The fraction of sp³-hybridized carbons (Fsp3) is 0.435. The molecule has 0 radical (unpaired) electrons. The number of para-hydroxylation sites is 1. The normalized spacial score (nSPS) is 15.5. The van der Waals surface area contributed by atoms with Crippen LogP contribution >= 0.6 is 0 Å². The predicted molar refractivity (Wildman–Crippen MR) is 120 cm³/mol. The standard InChI is InChI=1S/C23H30FN3O3S/c1-19-12-16-26(17-13-19)15-5-14-25-23(28)18-27(21-6-3-2-4-7-21)31(29,30)22-10-8-20(24)9-11-22/h2-4,6-11,19H,5,12-18H2,1H3,(H,25,28). The summed E-state index contributed by atoms with van der Waals surface area (Å²) in [6.45, 7) is 5.52. The molecule has 1 amide bonds. The summed E-state index contributed by atoms with van der Waals surface area (Å²) < 4.78 is 40.6. The summed E-state index contributed by atoms with van der Waals surface area (Å²) in [4.78, 5) is 14.9. The Balaban J connectivity index is 1.61. The number of likely N-dealkylation sites (tertiary alicyclic amines) is 1. The van der Waals surface area contributed by atoms with Gasteiger partial charge in [-0.2, -0.15) is 0 Å². The molecule has 0 spiro atoms. The van der Waals surface area contributed by atoms with Gasteiger partial charge in [0.2, 0.25) is 5.91 Å². The Kier molecular flexibility index (Phi) is 8.03. The number of nitrogens with zero attached hydrogens (tertiary/aromatic N) is 2. The van der Waals surface area contributed by atoms with E-state index in [0.29, 0.717) is 12.2 Å².